The van der Waals surface area contributed by atoms with Gasteiger partial charge in [0.05, 0.1) is 12.7 Å². The molecule has 3 N–H and O–H groups in total. The fraction of sp³-hybridized carbons (Fsp3) is 0.208. The number of primary amides is 1. The molecule has 1 aromatic carbocycles. The highest BCUT2D eigenvalue weighted by Gasteiger charge is 2.31. The number of aliphatic hydroxyl groups excluding tert-OH is 1. The first-order chi connectivity index (χ1) is 16.4. The standard InChI is InChI=1S/C24H19FN6O3/c25-16-3-1-15(2-4-16)21-18(10-26)23(31-12-17(32)13-31)30-24(19(21)11-27)34-8-6-14-5-7-29-20(9-14)22(28)33/h1-5,7,9,17,32H,6,8,12-13H2,(H2,28,33). The van der Waals surface area contributed by atoms with Crippen LogP contribution in [0.5, 0.6) is 5.88 Å². The van der Waals surface area contributed by atoms with Gasteiger partial charge in [0.25, 0.3) is 5.91 Å². The number of hydrogen-bond donors (Lipinski definition) is 2. The van der Waals surface area contributed by atoms with E-state index in [-0.39, 0.29) is 53.8 Å². The molecule has 10 heteroatoms. The Morgan fingerprint density at radius 2 is 1.91 bits per heavy atom. The number of nitrogens with zero attached hydrogens (tertiary/aromatic N) is 5. The minimum absolute atomic E-state index is 0.0152. The Kier molecular flexibility index (Phi) is 6.35. The van der Waals surface area contributed by atoms with Crippen molar-refractivity contribution in [2.24, 2.45) is 5.73 Å². The fourth-order valence-electron chi connectivity index (χ4n) is 3.66. The Morgan fingerprint density at radius 1 is 1.21 bits per heavy atom. The third kappa shape index (κ3) is 4.49. The zero-order chi connectivity index (χ0) is 24.2. The van der Waals surface area contributed by atoms with Gasteiger partial charge in [-0.25, -0.2) is 4.39 Å². The quantitative estimate of drug-likeness (QED) is 0.545. The highest BCUT2D eigenvalue weighted by molar-refractivity contribution is 5.90. The lowest BCUT2D eigenvalue weighted by molar-refractivity contribution is 0.0995. The van der Waals surface area contributed by atoms with Crippen molar-refractivity contribution in [3.05, 3.63) is 70.8 Å². The smallest absolute Gasteiger partial charge is 0.267 e. The summed E-state index contributed by atoms with van der Waals surface area (Å²) in [4.78, 5) is 21.4. The van der Waals surface area contributed by atoms with Gasteiger partial charge in [0.2, 0.25) is 5.88 Å². The van der Waals surface area contributed by atoms with Crippen molar-refractivity contribution in [3.8, 4) is 29.1 Å². The van der Waals surface area contributed by atoms with Gasteiger partial charge in [0.15, 0.2) is 5.82 Å². The van der Waals surface area contributed by atoms with E-state index in [0.717, 1.165) is 5.56 Å². The molecule has 3 heterocycles. The number of aromatic nitrogens is 2. The van der Waals surface area contributed by atoms with Gasteiger partial charge in [-0.05, 0) is 35.4 Å². The number of carbonyl (C=O) groups excluding carboxylic acids is 1. The van der Waals surface area contributed by atoms with Crippen LogP contribution in [-0.4, -0.2) is 46.8 Å². The second-order valence-electron chi connectivity index (χ2n) is 7.67. The van der Waals surface area contributed by atoms with Crippen LogP contribution in [0.1, 0.15) is 27.2 Å². The van der Waals surface area contributed by atoms with Gasteiger partial charge in [-0.2, -0.15) is 15.5 Å². The van der Waals surface area contributed by atoms with Gasteiger partial charge >= 0.3 is 0 Å². The first-order valence-electron chi connectivity index (χ1n) is 10.4. The topological polar surface area (TPSA) is 149 Å². The average molecular weight is 458 g/mol. The monoisotopic (exact) mass is 458 g/mol. The van der Waals surface area contributed by atoms with Gasteiger partial charge in [0, 0.05) is 31.3 Å². The Balaban J connectivity index is 1.72. The normalized spacial score (nSPS) is 13.0. The Bertz CT molecular complexity index is 1320. The summed E-state index contributed by atoms with van der Waals surface area (Å²) >= 11 is 0. The summed E-state index contributed by atoms with van der Waals surface area (Å²) in [5, 5.41) is 29.6. The maximum absolute atomic E-state index is 13.5. The first kappa shape index (κ1) is 22.6. The number of nitriles is 2. The van der Waals surface area contributed by atoms with E-state index in [2.05, 4.69) is 22.1 Å². The molecular formula is C24H19FN6O3. The molecule has 0 spiro atoms. The minimum Gasteiger partial charge on any atom is -0.476 e. The maximum atomic E-state index is 13.5. The molecule has 1 aliphatic heterocycles. The zero-order valence-electron chi connectivity index (χ0n) is 17.9. The van der Waals surface area contributed by atoms with E-state index < -0.39 is 17.8 Å². The molecule has 3 aromatic rings. The van der Waals surface area contributed by atoms with Crippen molar-refractivity contribution in [2.45, 2.75) is 12.5 Å². The second kappa shape index (κ2) is 9.53. The molecule has 4 rings (SSSR count). The van der Waals surface area contributed by atoms with E-state index in [9.17, 15) is 24.8 Å². The van der Waals surface area contributed by atoms with Crippen LogP contribution >= 0.6 is 0 Å². The number of hydrogen-bond acceptors (Lipinski definition) is 8. The van der Waals surface area contributed by atoms with E-state index in [1.54, 1.807) is 17.0 Å². The molecule has 0 aliphatic carbocycles. The van der Waals surface area contributed by atoms with Crippen LogP contribution in [0.2, 0.25) is 0 Å². The first-order valence-corrected chi connectivity index (χ1v) is 10.4. The van der Waals surface area contributed by atoms with Crippen molar-refractivity contribution in [3.63, 3.8) is 0 Å². The van der Waals surface area contributed by atoms with Gasteiger partial charge < -0.3 is 20.5 Å². The maximum Gasteiger partial charge on any atom is 0.267 e. The summed E-state index contributed by atoms with van der Waals surface area (Å²) in [5.74, 6) is -0.805. The van der Waals surface area contributed by atoms with Crippen molar-refractivity contribution >= 4 is 11.7 Å². The van der Waals surface area contributed by atoms with Crippen LogP contribution in [0, 0.1) is 28.5 Å². The van der Waals surface area contributed by atoms with Gasteiger partial charge in [0.1, 0.15) is 34.8 Å². The highest BCUT2D eigenvalue weighted by Crippen LogP contribution is 2.38. The molecule has 2 aromatic heterocycles. The summed E-state index contributed by atoms with van der Waals surface area (Å²) in [7, 11) is 0. The predicted octanol–water partition coefficient (Wildman–Crippen LogP) is 1.93. The molecule has 1 amide bonds. The number of nitrogens with two attached hydrogens (primary N) is 1. The minimum atomic E-state index is -0.645. The van der Waals surface area contributed by atoms with Crippen LogP contribution < -0.4 is 15.4 Å². The number of aliphatic hydroxyl groups is 1. The molecule has 34 heavy (non-hydrogen) atoms. The van der Waals surface area contributed by atoms with Crippen LogP contribution in [0.15, 0.2) is 42.6 Å². The van der Waals surface area contributed by atoms with Crippen molar-refractivity contribution in [1.29, 1.82) is 10.5 Å². The van der Waals surface area contributed by atoms with E-state index in [1.165, 1.54) is 30.5 Å². The van der Waals surface area contributed by atoms with E-state index in [1.807, 2.05) is 0 Å². The molecule has 1 saturated heterocycles. The highest BCUT2D eigenvalue weighted by atomic mass is 19.1. The molecule has 0 saturated carbocycles. The Labute approximate surface area is 194 Å². The molecule has 1 aliphatic rings. The Morgan fingerprint density at radius 3 is 2.53 bits per heavy atom. The lowest BCUT2D eigenvalue weighted by atomic mass is 9.95. The van der Waals surface area contributed by atoms with Gasteiger partial charge in [-0.1, -0.05) is 12.1 Å². The molecule has 0 bridgehead atoms. The van der Waals surface area contributed by atoms with Crippen molar-refractivity contribution in [1.82, 2.24) is 9.97 Å². The van der Waals surface area contributed by atoms with E-state index in [4.69, 9.17) is 10.5 Å². The predicted molar refractivity (Wildman–Crippen MR) is 119 cm³/mol. The number of pyridine rings is 2. The number of β-amino-alcohol motifs (C(OH)–C–C–N with tert-alkyl or cyclic N) is 1. The summed E-state index contributed by atoms with van der Waals surface area (Å²) in [6, 6.07) is 12.9. The Hall–Kier alpha value is -4.54. The molecule has 170 valence electrons. The summed E-state index contributed by atoms with van der Waals surface area (Å²) < 4.78 is 19.4. The van der Waals surface area contributed by atoms with Crippen molar-refractivity contribution in [2.75, 3.05) is 24.6 Å². The molecule has 0 unspecified atom stereocenters. The summed E-state index contributed by atoms with van der Waals surface area (Å²) in [6.45, 7) is 0.673. The number of rotatable bonds is 7. The van der Waals surface area contributed by atoms with Crippen LogP contribution in [0.3, 0.4) is 0 Å². The number of ether oxygens (including phenoxy) is 1. The molecule has 1 fully saturated rings. The van der Waals surface area contributed by atoms with Gasteiger partial charge in [-0.3, -0.25) is 9.78 Å². The van der Waals surface area contributed by atoms with Gasteiger partial charge in [-0.15, -0.1) is 0 Å². The largest absolute Gasteiger partial charge is 0.476 e. The van der Waals surface area contributed by atoms with E-state index in [0.29, 0.717) is 12.0 Å². The van der Waals surface area contributed by atoms with Crippen LogP contribution in [0.4, 0.5) is 10.2 Å². The molecule has 0 radical (unpaired) electrons. The van der Waals surface area contributed by atoms with Crippen LogP contribution in [-0.2, 0) is 6.42 Å². The van der Waals surface area contributed by atoms with E-state index >= 15 is 0 Å². The zero-order valence-corrected chi connectivity index (χ0v) is 17.9. The average Bonchev–Trinajstić information content (AvgIpc) is 2.82. The lowest BCUT2D eigenvalue weighted by Gasteiger charge is -2.37. The van der Waals surface area contributed by atoms with Crippen LogP contribution in [0.25, 0.3) is 11.1 Å². The number of anilines is 1. The fourth-order valence-corrected chi connectivity index (χ4v) is 3.66. The number of halogens is 1. The molecule has 9 nitrogen and oxygen atoms in total. The number of amides is 1. The molecular weight excluding hydrogens is 439 g/mol. The molecule has 0 atom stereocenters. The summed E-state index contributed by atoms with van der Waals surface area (Å²) in [5.41, 5.74) is 7.08. The summed E-state index contributed by atoms with van der Waals surface area (Å²) in [6.07, 6.45) is 1.29. The lowest BCUT2D eigenvalue weighted by Crippen LogP contribution is -2.51. The number of benzene rings is 1. The SMILES string of the molecule is N#Cc1c(OCCc2ccnc(C(N)=O)c2)nc(N2CC(O)C2)c(C#N)c1-c1ccc(F)cc1. The third-order valence-corrected chi connectivity index (χ3v) is 5.37. The van der Waals surface area contributed by atoms with Crippen molar-refractivity contribution < 1.29 is 19.0 Å². The third-order valence-electron chi connectivity index (χ3n) is 5.37. The second-order valence-corrected chi connectivity index (χ2v) is 7.67. The number of carbonyl (C=O) groups is 1.